The van der Waals surface area contributed by atoms with Crippen LogP contribution in [-0.2, 0) is 10.0 Å². The molecular formula is C20H13ClN2O2S. The molecule has 0 radical (unpaired) electrons. The summed E-state index contributed by atoms with van der Waals surface area (Å²) < 4.78 is 29.7. The second-order valence-corrected chi connectivity index (χ2v) is 7.73. The zero-order chi connectivity index (χ0) is 18.1. The minimum Gasteiger partial charge on any atom is -0.227 e. The second-order valence-electron chi connectivity index (χ2n) is 5.72. The van der Waals surface area contributed by atoms with E-state index in [0.717, 1.165) is 5.56 Å². The molecule has 0 fully saturated rings. The van der Waals surface area contributed by atoms with Gasteiger partial charge in [0.15, 0.2) is 5.84 Å². The molecule has 0 aromatic heterocycles. The predicted octanol–water partition coefficient (Wildman–Crippen LogP) is 4.33. The highest BCUT2D eigenvalue weighted by atomic mass is 35.5. The summed E-state index contributed by atoms with van der Waals surface area (Å²) in [5.41, 5.74) is 2.38. The fraction of sp³-hybridized carbons (Fsp3) is 0. The quantitative estimate of drug-likeness (QED) is 0.664. The largest absolute Gasteiger partial charge is 0.285 e. The van der Waals surface area contributed by atoms with E-state index in [9.17, 15) is 8.42 Å². The van der Waals surface area contributed by atoms with Crippen LogP contribution < -0.4 is 0 Å². The Morgan fingerprint density at radius 1 is 0.769 bits per heavy atom. The molecule has 1 heterocycles. The van der Waals surface area contributed by atoms with E-state index in [1.54, 1.807) is 24.3 Å². The van der Waals surface area contributed by atoms with Crippen LogP contribution >= 0.6 is 11.6 Å². The highest BCUT2D eigenvalue weighted by Gasteiger charge is 2.26. The number of aliphatic imine (C=N–C) groups is 1. The average molecular weight is 381 g/mol. The van der Waals surface area contributed by atoms with Crippen molar-refractivity contribution in [3.8, 4) is 0 Å². The minimum absolute atomic E-state index is 0.0930. The maximum atomic E-state index is 12.9. The summed E-state index contributed by atoms with van der Waals surface area (Å²) in [6.45, 7) is 0. The van der Waals surface area contributed by atoms with Gasteiger partial charge in [-0.2, -0.15) is 8.42 Å². The zero-order valence-electron chi connectivity index (χ0n) is 13.5. The lowest BCUT2D eigenvalue weighted by molar-refractivity contribution is 0.598. The fourth-order valence-corrected chi connectivity index (χ4v) is 4.10. The van der Waals surface area contributed by atoms with Gasteiger partial charge >= 0.3 is 0 Å². The normalized spacial score (nSPS) is 15.4. The van der Waals surface area contributed by atoms with Gasteiger partial charge in [-0.05, 0) is 18.2 Å². The first-order chi connectivity index (χ1) is 12.5. The van der Waals surface area contributed by atoms with Crippen LogP contribution in [0.15, 0.2) is 93.1 Å². The summed E-state index contributed by atoms with van der Waals surface area (Å²) in [5.74, 6) is 0.150. The van der Waals surface area contributed by atoms with E-state index in [-0.39, 0.29) is 10.7 Å². The van der Waals surface area contributed by atoms with Gasteiger partial charge in [0.2, 0.25) is 0 Å². The van der Waals surface area contributed by atoms with Crippen LogP contribution in [0.25, 0.3) is 0 Å². The van der Waals surface area contributed by atoms with Gasteiger partial charge in [0.25, 0.3) is 10.0 Å². The number of nitrogens with zero attached hydrogens (tertiary/aromatic N) is 2. The predicted molar refractivity (Wildman–Crippen MR) is 104 cm³/mol. The molecule has 0 saturated heterocycles. The Labute approximate surface area is 156 Å². The Bertz CT molecular complexity index is 1140. The molecule has 1 aliphatic heterocycles. The van der Waals surface area contributed by atoms with Crippen LogP contribution in [0.5, 0.6) is 0 Å². The highest BCUT2D eigenvalue weighted by Crippen LogP contribution is 2.28. The average Bonchev–Trinajstić information content (AvgIpc) is 2.77. The minimum atomic E-state index is -3.92. The molecule has 0 spiro atoms. The molecule has 1 aliphatic rings. The van der Waals surface area contributed by atoms with Gasteiger partial charge in [-0.1, -0.05) is 72.3 Å². The van der Waals surface area contributed by atoms with E-state index in [1.165, 1.54) is 6.07 Å². The molecule has 128 valence electrons. The summed E-state index contributed by atoms with van der Waals surface area (Å²) in [4.78, 5) is 4.72. The third-order valence-electron chi connectivity index (χ3n) is 3.98. The summed E-state index contributed by atoms with van der Waals surface area (Å²) in [7, 11) is -3.92. The van der Waals surface area contributed by atoms with Crippen molar-refractivity contribution in [2.45, 2.75) is 4.90 Å². The Balaban J connectivity index is 2.05. The first-order valence-corrected chi connectivity index (χ1v) is 9.71. The van der Waals surface area contributed by atoms with Gasteiger partial charge in [-0.3, -0.25) is 0 Å². The second kappa shape index (κ2) is 6.52. The van der Waals surface area contributed by atoms with E-state index >= 15 is 0 Å². The number of hydrogen-bond donors (Lipinski definition) is 0. The smallest absolute Gasteiger partial charge is 0.227 e. The van der Waals surface area contributed by atoms with E-state index in [1.807, 2.05) is 48.5 Å². The lowest BCUT2D eigenvalue weighted by atomic mass is 10.0. The molecule has 0 saturated carbocycles. The number of rotatable bonds is 2. The van der Waals surface area contributed by atoms with E-state index in [4.69, 9.17) is 11.6 Å². The van der Waals surface area contributed by atoms with E-state index in [2.05, 4.69) is 9.39 Å². The van der Waals surface area contributed by atoms with Gasteiger partial charge in [-0.25, -0.2) is 4.99 Å². The monoisotopic (exact) mass is 380 g/mol. The molecule has 0 unspecified atom stereocenters. The number of benzene rings is 3. The summed E-state index contributed by atoms with van der Waals surface area (Å²) in [6.07, 6.45) is 0. The Kier molecular flexibility index (Phi) is 4.18. The third-order valence-corrected chi connectivity index (χ3v) is 5.54. The molecule has 0 aliphatic carbocycles. The Morgan fingerprint density at radius 3 is 2.04 bits per heavy atom. The fourth-order valence-electron chi connectivity index (χ4n) is 2.78. The first-order valence-electron chi connectivity index (χ1n) is 7.89. The van der Waals surface area contributed by atoms with Crippen LogP contribution in [0, 0.1) is 0 Å². The molecule has 0 amide bonds. The van der Waals surface area contributed by atoms with Crippen molar-refractivity contribution < 1.29 is 8.42 Å². The van der Waals surface area contributed by atoms with Gasteiger partial charge in [0.05, 0.1) is 10.6 Å². The number of halogens is 1. The van der Waals surface area contributed by atoms with E-state index in [0.29, 0.717) is 21.9 Å². The Morgan fingerprint density at radius 2 is 1.38 bits per heavy atom. The van der Waals surface area contributed by atoms with Crippen molar-refractivity contribution in [2.75, 3.05) is 0 Å². The van der Waals surface area contributed by atoms with Crippen molar-refractivity contribution >= 4 is 33.2 Å². The van der Waals surface area contributed by atoms with Crippen molar-refractivity contribution in [1.29, 1.82) is 0 Å². The molecular weight excluding hydrogens is 368 g/mol. The number of amidine groups is 1. The summed E-state index contributed by atoms with van der Waals surface area (Å²) in [5, 5.41) is 0.436. The van der Waals surface area contributed by atoms with Crippen molar-refractivity contribution in [1.82, 2.24) is 0 Å². The van der Waals surface area contributed by atoms with Crippen LogP contribution in [0.2, 0.25) is 5.02 Å². The topological polar surface area (TPSA) is 58.9 Å². The molecule has 0 bridgehead atoms. The number of sulfonamides is 1. The maximum Gasteiger partial charge on any atom is 0.285 e. The standard InChI is InChI=1S/C20H13ClN2O2S/c21-16-11-12-18-17(13-16)19(14-7-3-1-4-8-14)22-20(23-26(18,24)25)15-9-5-2-6-10-15/h1-13H. The van der Waals surface area contributed by atoms with Crippen LogP contribution in [0.1, 0.15) is 16.7 Å². The van der Waals surface area contributed by atoms with Crippen LogP contribution in [0.3, 0.4) is 0 Å². The van der Waals surface area contributed by atoms with Crippen LogP contribution in [-0.4, -0.2) is 20.0 Å². The SMILES string of the molecule is O=S1(=O)N=C(c2ccccc2)N=C(c2ccccc2)c2cc(Cl)ccc21. The molecule has 4 nitrogen and oxygen atoms in total. The molecule has 6 heteroatoms. The third kappa shape index (κ3) is 3.07. The molecule has 3 aromatic rings. The lowest BCUT2D eigenvalue weighted by Gasteiger charge is -2.09. The van der Waals surface area contributed by atoms with Crippen molar-refractivity contribution in [3.05, 3.63) is 101 Å². The molecule has 3 aromatic carbocycles. The molecule has 4 rings (SSSR count). The summed E-state index contributed by atoms with van der Waals surface area (Å²) >= 11 is 6.14. The van der Waals surface area contributed by atoms with Gasteiger partial charge in [-0.15, -0.1) is 4.40 Å². The van der Waals surface area contributed by atoms with Gasteiger partial charge in [0.1, 0.15) is 0 Å². The van der Waals surface area contributed by atoms with Gasteiger partial charge < -0.3 is 0 Å². The Hall–Kier alpha value is -2.76. The van der Waals surface area contributed by atoms with Crippen molar-refractivity contribution in [3.63, 3.8) is 0 Å². The maximum absolute atomic E-state index is 12.9. The van der Waals surface area contributed by atoms with Crippen LogP contribution in [0.4, 0.5) is 0 Å². The zero-order valence-corrected chi connectivity index (χ0v) is 15.1. The molecule has 0 N–H and O–H groups in total. The highest BCUT2D eigenvalue weighted by molar-refractivity contribution is 7.90. The first kappa shape index (κ1) is 16.7. The van der Waals surface area contributed by atoms with E-state index < -0.39 is 10.0 Å². The number of fused-ring (bicyclic) bond motifs is 1. The lowest BCUT2D eigenvalue weighted by Crippen LogP contribution is -2.08. The van der Waals surface area contributed by atoms with Crippen molar-refractivity contribution in [2.24, 2.45) is 9.39 Å². The summed E-state index contributed by atoms with van der Waals surface area (Å²) in [6, 6.07) is 23.1. The molecule has 0 atom stereocenters. The van der Waals surface area contributed by atoms with Gasteiger partial charge in [0, 0.05) is 21.7 Å². The number of hydrogen-bond acceptors (Lipinski definition) is 3. The molecule has 26 heavy (non-hydrogen) atoms.